The van der Waals surface area contributed by atoms with E-state index in [0.29, 0.717) is 0 Å². The maximum Gasteiger partial charge on any atom is 0.244 e. The molecule has 1 heterocycles. The van der Waals surface area contributed by atoms with Crippen LogP contribution in [0.25, 0.3) is 0 Å². The van der Waals surface area contributed by atoms with E-state index >= 15 is 0 Å². The summed E-state index contributed by atoms with van der Waals surface area (Å²) in [6.07, 6.45) is 8.92. The number of carbonyl (C=O) groups is 1. The van der Waals surface area contributed by atoms with Crippen molar-refractivity contribution in [2.75, 3.05) is 0 Å². The van der Waals surface area contributed by atoms with Gasteiger partial charge in [0.2, 0.25) is 5.91 Å². The van der Waals surface area contributed by atoms with Crippen LogP contribution in [0.5, 0.6) is 0 Å². The van der Waals surface area contributed by atoms with E-state index in [4.69, 9.17) is 4.42 Å². The number of carbonyl (C=O) groups excluding carboxylic acids is 1. The summed E-state index contributed by atoms with van der Waals surface area (Å²) in [6.45, 7) is 8.30. The van der Waals surface area contributed by atoms with Crippen LogP contribution in [0.4, 0.5) is 0 Å². The van der Waals surface area contributed by atoms with Crippen LogP contribution >= 0.6 is 0 Å². The largest absolute Gasteiger partial charge is 0.466 e. The highest BCUT2D eigenvalue weighted by Gasteiger charge is 2.35. The molecule has 3 heteroatoms. The zero-order valence-electron chi connectivity index (χ0n) is 12.7. The number of allylic oxidation sites excluding steroid dienone is 3. The number of hydrogen-bond donors (Lipinski definition) is 1. The SMILES string of the molecule is C/C=C/C=C\C(=O)N[C@H]1CC(C)(C)Cc2oc(C)cc21. The Morgan fingerprint density at radius 3 is 2.90 bits per heavy atom. The van der Waals surface area contributed by atoms with Gasteiger partial charge in [-0.1, -0.05) is 32.1 Å². The second-order valence-corrected chi connectivity index (χ2v) is 6.23. The summed E-state index contributed by atoms with van der Waals surface area (Å²) in [6, 6.07) is 2.08. The zero-order chi connectivity index (χ0) is 14.8. The molecule has 0 unspecified atom stereocenters. The summed E-state index contributed by atoms with van der Waals surface area (Å²) in [5.41, 5.74) is 1.28. The quantitative estimate of drug-likeness (QED) is 0.671. The van der Waals surface area contributed by atoms with Gasteiger partial charge in [0.05, 0.1) is 6.04 Å². The zero-order valence-corrected chi connectivity index (χ0v) is 12.7. The number of amides is 1. The third-order valence-electron chi connectivity index (χ3n) is 3.60. The summed E-state index contributed by atoms with van der Waals surface area (Å²) in [4.78, 5) is 12.0. The number of aryl methyl sites for hydroxylation is 1. The van der Waals surface area contributed by atoms with Crippen LogP contribution in [0.2, 0.25) is 0 Å². The standard InChI is InChI=1S/C17H23NO2/c1-5-6-7-8-16(19)18-14-10-17(3,4)11-15-13(14)9-12(2)20-15/h5-9,14H,10-11H2,1-4H3,(H,18,19)/b6-5+,8-7-/t14-/m0/s1. The van der Waals surface area contributed by atoms with Crippen LogP contribution in [0, 0.1) is 12.3 Å². The van der Waals surface area contributed by atoms with Crippen molar-refractivity contribution in [2.24, 2.45) is 5.41 Å². The van der Waals surface area contributed by atoms with Crippen molar-refractivity contribution in [1.29, 1.82) is 0 Å². The molecule has 0 aromatic carbocycles. The van der Waals surface area contributed by atoms with Gasteiger partial charge in [-0.15, -0.1) is 0 Å². The van der Waals surface area contributed by atoms with Gasteiger partial charge in [-0.3, -0.25) is 4.79 Å². The molecule has 1 N–H and O–H groups in total. The highest BCUT2D eigenvalue weighted by atomic mass is 16.3. The molecule has 0 saturated carbocycles. The number of nitrogens with one attached hydrogen (secondary N) is 1. The summed E-state index contributed by atoms with van der Waals surface area (Å²) in [7, 11) is 0. The molecule has 3 nitrogen and oxygen atoms in total. The minimum atomic E-state index is -0.0596. The average Bonchev–Trinajstić information content (AvgIpc) is 2.68. The fourth-order valence-corrected chi connectivity index (χ4v) is 2.79. The van der Waals surface area contributed by atoms with E-state index in [1.807, 2.05) is 32.1 Å². The predicted octanol–water partition coefficient (Wildman–Crippen LogP) is 3.85. The second-order valence-electron chi connectivity index (χ2n) is 6.23. The molecule has 2 rings (SSSR count). The summed E-state index contributed by atoms with van der Waals surface area (Å²) in [5, 5.41) is 3.08. The highest BCUT2D eigenvalue weighted by molar-refractivity contribution is 5.88. The molecule has 0 bridgehead atoms. The molecule has 0 spiro atoms. The molecule has 1 aromatic rings. The third-order valence-corrected chi connectivity index (χ3v) is 3.60. The summed E-state index contributed by atoms with van der Waals surface area (Å²) < 4.78 is 5.77. The van der Waals surface area contributed by atoms with Crippen molar-refractivity contribution in [3.05, 3.63) is 47.5 Å². The molecular weight excluding hydrogens is 250 g/mol. The van der Waals surface area contributed by atoms with E-state index in [1.165, 1.54) is 0 Å². The van der Waals surface area contributed by atoms with Crippen molar-refractivity contribution in [1.82, 2.24) is 5.32 Å². The lowest BCUT2D eigenvalue weighted by Gasteiger charge is -2.34. The van der Waals surface area contributed by atoms with Gasteiger partial charge in [-0.25, -0.2) is 0 Å². The Hall–Kier alpha value is -1.77. The molecule has 0 fully saturated rings. The molecule has 0 saturated heterocycles. The lowest BCUT2D eigenvalue weighted by atomic mass is 9.74. The molecule has 1 aliphatic rings. The van der Waals surface area contributed by atoms with Gasteiger partial charge >= 0.3 is 0 Å². The average molecular weight is 273 g/mol. The number of fused-ring (bicyclic) bond motifs is 1. The fraction of sp³-hybridized carbons (Fsp3) is 0.471. The first kappa shape index (κ1) is 14.6. The van der Waals surface area contributed by atoms with Gasteiger partial charge in [-0.2, -0.15) is 0 Å². The van der Waals surface area contributed by atoms with E-state index in [-0.39, 0.29) is 17.4 Å². The first-order chi connectivity index (χ1) is 9.41. The van der Waals surface area contributed by atoms with Crippen LogP contribution in [0.3, 0.4) is 0 Å². The van der Waals surface area contributed by atoms with Gasteiger partial charge < -0.3 is 9.73 Å². The highest BCUT2D eigenvalue weighted by Crippen LogP contribution is 2.41. The molecule has 1 atom stereocenters. The van der Waals surface area contributed by atoms with Gasteiger partial charge in [0, 0.05) is 18.1 Å². The van der Waals surface area contributed by atoms with Crippen LogP contribution in [-0.4, -0.2) is 5.91 Å². The Morgan fingerprint density at radius 1 is 1.45 bits per heavy atom. The van der Waals surface area contributed by atoms with Crippen molar-refractivity contribution >= 4 is 5.91 Å². The third kappa shape index (κ3) is 3.41. The number of rotatable bonds is 3. The van der Waals surface area contributed by atoms with Gasteiger partial charge in [0.15, 0.2) is 0 Å². The molecule has 20 heavy (non-hydrogen) atoms. The molecule has 1 aliphatic carbocycles. The monoisotopic (exact) mass is 273 g/mol. The van der Waals surface area contributed by atoms with E-state index in [2.05, 4.69) is 19.2 Å². The first-order valence-electron chi connectivity index (χ1n) is 7.10. The Balaban J connectivity index is 2.16. The lowest BCUT2D eigenvalue weighted by molar-refractivity contribution is -0.117. The Kier molecular flexibility index (Phi) is 4.17. The Bertz CT molecular complexity index is 549. The van der Waals surface area contributed by atoms with Crippen molar-refractivity contribution in [3.63, 3.8) is 0 Å². The maximum absolute atomic E-state index is 12.0. The van der Waals surface area contributed by atoms with E-state index in [1.54, 1.807) is 12.2 Å². The Morgan fingerprint density at radius 2 is 2.20 bits per heavy atom. The predicted molar refractivity (Wildman–Crippen MR) is 80.4 cm³/mol. The minimum absolute atomic E-state index is 0.0361. The summed E-state index contributed by atoms with van der Waals surface area (Å²) >= 11 is 0. The molecular formula is C17H23NO2. The molecule has 1 aromatic heterocycles. The molecule has 0 aliphatic heterocycles. The van der Waals surface area contributed by atoms with Gasteiger partial charge in [0.1, 0.15) is 11.5 Å². The smallest absolute Gasteiger partial charge is 0.244 e. The van der Waals surface area contributed by atoms with Crippen molar-refractivity contribution in [3.8, 4) is 0 Å². The van der Waals surface area contributed by atoms with Crippen LogP contribution in [-0.2, 0) is 11.2 Å². The molecule has 108 valence electrons. The number of hydrogen-bond acceptors (Lipinski definition) is 2. The Labute approximate surface area is 120 Å². The van der Waals surface area contributed by atoms with Crippen LogP contribution in [0.15, 0.2) is 34.8 Å². The van der Waals surface area contributed by atoms with Crippen LogP contribution in [0.1, 0.15) is 50.3 Å². The van der Waals surface area contributed by atoms with Crippen molar-refractivity contribution < 1.29 is 9.21 Å². The van der Waals surface area contributed by atoms with E-state index < -0.39 is 0 Å². The number of furan rings is 1. The topological polar surface area (TPSA) is 42.2 Å². The molecule has 1 amide bonds. The van der Waals surface area contributed by atoms with Crippen LogP contribution < -0.4 is 5.32 Å². The van der Waals surface area contributed by atoms with E-state index in [0.717, 1.165) is 29.9 Å². The fourth-order valence-electron chi connectivity index (χ4n) is 2.79. The summed E-state index contributed by atoms with van der Waals surface area (Å²) in [5.74, 6) is 1.87. The van der Waals surface area contributed by atoms with E-state index in [9.17, 15) is 4.79 Å². The molecule has 0 radical (unpaired) electrons. The van der Waals surface area contributed by atoms with Gasteiger partial charge in [-0.05, 0) is 31.7 Å². The first-order valence-corrected chi connectivity index (χ1v) is 7.10. The second kappa shape index (κ2) is 5.70. The van der Waals surface area contributed by atoms with Crippen molar-refractivity contribution in [2.45, 2.75) is 46.6 Å². The maximum atomic E-state index is 12.0. The normalized spacial score (nSPS) is 21.3. The lowest BCUT2D eigenvalue weighted by Crippen LogP contribution is -2.35. The van der Waals surface area contributed by atoms with Gasteiger partial charge in [0.25, 0.3) is 0 Å². The minimum Gasteiger partial charge on any atom is -0.466 e.